The lowest BCUT2D eigenvalue weighted by Crippen LogP contribution is -2.14. The van der Waals surface area contributed by atoms with Crippen LogP contribution in [0.4, 0.5) is 0 Å². The van der Waals surface area contributed by atoms with Crippen LogP contribution >= 0.6 is 31.9 Å². The van der Waals surface area contributed by atoms with Crippen molar-refractivity contribution in [3.8, 4) is 0 Å². The van der Waals surface area contributed by atoms with E-state index in [2.05, 4.69) is 49.1 Å². The monoisotopic (exact) mass is 292 g/mol. The van der Waals surface area contributed by atoms with Crippen molar-refractivity contribution >= 4 is 31.9 Å². The first kappa shape index (κ1) is 10.2. The molecule has 0 spiro atoms. The fourth-order valence-electron chi connectivity index (χ4n) is 0.880. The molecular formula is C8H10Br2N2. The molecule has 0 radical (unpaired) electrons. The van der Waals surface area contributed by atoms with Gasteiger partial charge in [-0.1, -0.05) is 0 Å². The molecule has 2 nitrogen and oxygen atoms in total. The molecule has 1 N–H and O–H groups in total. The molecule has 0 bridgehead atoms. The van der Waals surface area contributed by atoms with Crippen molar-refractivity contribution in [2.45, 2.75) is 13.0 Å². The number of hydrogen-bond donors (Lipinski definition) is 1. The van der Waals surface area contributed by atoms with E-state index in [1.54, 1.807) is 6.20 Å². The summed E-state index contributed by atoms with van der Waals surface area (Å²) < 4.78 is 2.01. The molecule has 0 aromatic carbocycles. The minimum atomic E-state index is 0.271. The Morgan fingerprint density at radius 1 is 1.50 bits per heavy atom. The number of hydrogen-bond acceptors (Lipinski definition) is 2. The molecule has 1 unspecified atom stereocenters. The van der Waals surface area contributed by atoms with Crippen LogP contribution in [0.25, 0.3) is 0 Å². The summed E-state index contributed by atoms with van der Waals surface area (Å²) in [4.78, 5) is 4.29. The fourth-order valence-corrected chi connectivity index (χ4v) is 2.21. The zero-order valence-electron chi connectivity index (χ0n) is 6.94. The molecule has 0 saturated carbocycles. The van der Waals surface area contributed by atoms with Gasteiger partial charge in [-0.15, -0.1) is 0 Å². The minimum Gasteiger partial charge on any atom is -0.312 e. The van der Waals surface area contributed by atoms with Crippen molar-refractivity contribution in [3.63, 3.8) is 0 Å². The van der Waals surface area contributed by atoms with Crippen LogP contribution in [0, 0.1) is 0 Å². The summed E-state index contributed by atoms with van der Waals surface area (Å²) in [6.45, 7) is 2.07. The van der Waals surface area contributed by atoms with Crippen LogP contribution in [0.2, 0.25) is 0 Å². The van der Waals surface area contributed by atoms with Crippen LogP contribution in [0.15, 0.2) is 21.2 Å². The second-order valence-electron chi connectivity index (χ2n) is 2.53. The van der Waals surface area contributed by atoms with Crippen LogP contribution in [0.3, 0.4) is 0 Å². The first-order valence-electron chi connectivity index (χ1n) is 3.63. The second-order valence-corrected chi connectivity index (χ2v) is 4.30. The number of halogens is 2. The first-order valence-corrected chi connectivity index (χ1v) is 5.22. The molecule has 12 heavy (non-hydrogen) atoms. The zero-order chi connectivity index (χ0) is 9.14. The fraction of sp³-hybridized carbons (Fsp3) is 0.375. The van der Waals surface area contributed by atoms with Gasteiger partial charge in [0.2, 0.25) is 0 Å². The van der Waals surface area contributed by atoms with Gasteiger partial charge in [0.05, 0.1) is 5.69 Å². The predicted molar refractivity (Wildman–Crippen MR) is 57.1 cm³/mol. The highest BCUT2D eigenvalue weighted by Gasteiger charge is 2.08. The van der Waals surface area contributed by atoms with Gasteiger partial charge in [-0.2, -0.15) is 0 Å². The molecule has 1 aromatic heterocycles. The summed E-state index contributed by atoms with van der Waals surface area (Å²) in [6, 6.07) is 2.27. The largest absolute Gasteiger partial charge is 0.312 e. The number of aromatic nitrogens is 1. The molecule has 66 valence electrons. The zero-order valence-corrected chi connectivity index (χ0v) is 10.1. The van der Waals surface area contributed by atoms with Crippen LogP contribution < -0.4 is 5.32 Å². The molecule has 0 saturated heterocycles. The van der Waals surface area contributed by atoms with E-state index in [4.69, 9.17) is 0 Å². The Kier molecular flexibility index (Phi) is 3.68. The standard InChI is InChI=1S/C8H10Br2N2/c1-5(11-2)8-7(10)3-6(9)4-12-8/h3-5,11H,1-2H3. The lowest BCUT2D eigenvalue weighted by atomic mass is 10.2. The Morgan fingerprint density at radius 3 is 2.67 bits per heavy atom. The van der Waals surface area contributed by atoms with Gasteiger partial charge in [-0.25, -0.2) is 0 Å². The highest BCUT2D eigenvalue weighted by atomic mass is 79.9. The van der Waals surface area contributed by atoms with Crippen LogP contribution in [0.5, 0.6) is 0 Å². The molecule has 0 aliphatic heterocycles. The lowest BCUT2D eigenvalue weighted by molar-refractivity contribution is 0.629. The van der Waals surface area contributed by atoms with Crippen molar-refractivity contribution < 1.29 is 0 Å². The smallest absolute Gasteiger partial charge is 0.0712 e. The van der Waals surface area contributed by atoms with E-state index in [0.29, 0.717) is 0 Å². The maximum atomic E-state index is 4.29. The maximum absolute atomic E-state index is 4.29. The third kappa shape index (κ3) is 2.28. The molecule has 4 heteroatoms. The quantitative estimate of drug-likeness (QED) is 0.907. The Hall–Kier alpha value is 0.0700. The molecule has 1 atom stereocenters. The molecule has 0 amide bonds. The SMILES string of the molecule is CNC(C)c1ncc(Br)cc1Br. The summed E-state index contributed by atoms with van der Waals surface area (Å²) in [6.07, 6.45) is 1.80. The topological polar surface area (TPSA) is 24.9 Å². The maximum Gasteiger partial charge on any atom is 0.0712 e. The molecule has 1 rings (SSSR count). The minimum absolute atomic E-state index is 0.271. The van der Waals surface area contributed by atoms with E-state index in [9.17, 15) is 0 Å². The molecule has 1 aromatic rings. The highest BCUT2D eigenvalue weighted by molar-refractivity contribution is 9.11. The number of nitrogens with one attached hydrogen (secondary N) is 1. The van der Waals surface area contributed by atoms with Gasteiger partial charge in [0.25, 0.3) is 0 Å². The summed E-state index contributed by atoms with van der Waals surface area (Å²) >= 11 is 6.81. The molecule has 1 heterocycles. The van der Waals surface area contributed by atoms with Crippen molar-refractivity contribution in [3.05, 3.63) is 26.9 Å². The molecule has 0 aliphatic carbocycles. The second kappa shape index (κ2) is 4.35. The van der Waals surface area contributed by atoms with E-state index < -0.39 is 0 Å². The van der Waals surface area contributed by atoms with E-state index in [0.717, 1.165) is 14.6 Å². The highest BCUT2D eigenvalue weighted by Crippen LogP contribution is 2.23. The average molecular weight is 294 g/mol. The summed E-state index contributed by atoms with van der Waals surface area (Å²) in [5, 5.41) is 3.13. The van der Waals surface area contributed by atoms with Crippen molar-refractivity contribution in [1.29, 1.82) is 0 Å². The molecule has 0 fully saturated rings. The molecular weight excluding hydrogens is 284 g/mol. The number of nitrogens with zero attached hydrogens (tertiary/aromatic N) is 1. The van der Waals surface area contributed by atoms with Crippen molar-refractivity contribution in [2.24, 2.45) is 0 Å². The van der Waals surface area contributed by atoms with Crippen LogP contribution in [-0.2, 0) is 0 Å². The Bertz CT molecular complexity index is 276. The van der Waals surface area contributed by atoms with Crippen molar-refractivity contribution in [1.82, 2.24) is 10.3 Å². The summed E-state index contributed by atoms with van der Waals surface area (Å²) in [5.41, 5.74) is 1.03. The lowest BCUT2D eigenvalue weighted by Gasteiger charge is -2.10. The third-order valence-corrected chi connectivity index (χ3v) is 2.75. The average Bonchev–Trinajstić information content (AvgIpc) is 2.03. The van der Waals surface area contributed by atoms with Crippen LogP contribution in [0.1, 0.15) is 18.7 Å². The Balaban J connectivity index is 3.01. The van der Waals surface area contributed by atoms with Crippen molar-refractivity contribution in [2.75, 3.05) is 7.05 Å². The van der Waals surface area contributed by atoms with Gasteiger partial charge in [0.1, 0.15) is 0 Å². The summed E-state index contributed by atoms with van der Waals surface area (Å²) in [5.74, 6) is 0. The number of rotatable bonds is 2. The van der Waals surface area contributed by atoms with E-state index in [1.165, 1.54) is 0 Å². The first-order chi connectivity index (χ1) is 5.65. The van der Waals surface area contributed by atoms with Gasteiger partial charge in [0, 0.05) is 21.2 Å². The normalized spacial score (nSPS) is 13.0. The van der Waals surface area contributed by atoms with E-state index >= 15 is 0 Å². The van der Waals surface area contributed by atoms with Crippen LogP contribution in [-0.4, -0.2) is 12.0 Å². The Labute approximate surface area is 89.0 Å². The number of pyridine rings is 1. The predicted octanol–water partition coefficient (Wildman–Crippen LogP) is 2.89. The molecule has 0 aliphatic rings. The third-order valence-electron chi connectivity index (χ3n) is 1.68. The van der Waals surface area contributed by atoms with Gasteiger partial charge in [-0.3, -0.25) is 4.98 Å². The van der Waals surface area contributed by atoms with E-state index in [-0.39, 0.29) is 6.04 Å². The van der Waals surface area contributed by atoms with Gasteiger partial charge in [-0.05, 0) is 51.9 Å². The summed E-state index contributed by atoms with van der Waals surface area (Å²) in [7, 11) is 1.92. The van der Waals surface area contributed by atoms with Gasteiger partial charge < -0.3 is 5.32 Å². The van der Waals surface area contributed by atoms with E-state index in [1.807, 2.05) is 13.1 Å². The van der Waals surface area contributed by atoms with Gasteiger partial charge >= 0.3 is 0 Å². The van der Waals surface area contributed by atoms with Gasteiger partial charge in [0.15, 0.2) is 0 Å². The Morgan fingerprint density at radius 2 is 2.17 bits per heavy atom.